The topological polar surface area (TPSA) is 105 Å². The van der Waals surface area contributed by atoms with Gasteiger partial charge in [0.1, 0.15) is 18.6 Å². The molecular weight excluding hydrogens is 448 g/mol. The van der Waals surface area contributed by atoms with Gasteiger partial charge in [0.2, 0.25) is 5.91 Å². The summed E-state index contributed by atoms with van der Waals surface area (Å²) in [6.45, 7) is 4.17. The Bertz CT molecular complexity index is 1060. The maximum atomic E-state index is 13.3. The molecule has 0 spiro atoms. The summed E-state index contributed by atoms with van der Waals surface area (Å²) >= 11 is 0. The Morgan fingerprint density at radius 1 is 1.09 bits per heavy atom. The number of carbonyl (C=O) groups is 3. The molecule has 2 amide bonds. The number of rotatable bonds is 8. The standard InChI is InChI=1S/C27H32N2O6/c1-4-16(2)24(25(30)29(3)23-15-34-13-22(23)26(31)32)28-27(33)35-14-21-19-11-7-5-9-17(19)18-10-6-8-12-20(18)21/h5-12,16,21-24H,4,13-15H2,1-3H3,(H,28,33)(H,31,32)/t16-,22?,23?,24-/m0/s1. The summed E-state index contributed by atoms with van der Waals surface area (Å²) in [6, 6.07) is 14.7. The highest BCUT2D eigenvalue weighted by molar-refractivity contribution is 5.87. The zero-order valence-corrected chi connectivity index (χ0v) is 20.3. The van der Waals surface area contributed by atoms with E-state index in [0.29, 0.717) is 6.42 Å². The molecule has 0 saturated carbocycles. The van der Waals surface area contributed by atoms with Crippen LogP contribution in [0.2, 0.25) is 0 Å². The van der Waals surface area contributed by atoms with Crippen molar-refractivity contribution in [3.8, 4) is 11.1 Å². The van der Waals surface area contributed by atoms with Crippen LogP contribution in [0.5, 0.6) is 0 Å². The number of hydrogen-bond acceptors (Lipinski definition) is 5. The molecule has 4 rings (SSSR count). The summed E-state index contributed by atoms with van der Waals surface area (Å²) < 4.78 is 11.0. The fourth-order valence-corrected chi connectivity index (χ4v) is 4.99. The number of nitrogens with zero attached hydrogens (tertiary/aromatic N) is 1. The Hall–Kier alpha value is -3.39. The van der Waals surface area contributed by atoms with Crippen molar-refractivity contribution in [3.63, 3.8) is 0 Å². The molecule has 186 valence electrons. The first-order chi connectivity index (χ1) is 16.8. The van der Waals surface area contributed by atoms with Gasteiger partial charge in [-0.2, -0.15) is 0 Å². The van der Waals surface area contributed by atoms with E-state index in [4.69, 9.17) is 9.47 Å². The molecule has 1 fully saturated rings. The van der Waals surface area contributed by atoms with Gasteiger partial charge < -0.3 is 24.8 Å². The summed E-state index contributed by atoms with van der Waals surface area (Å²) in [7, 11) is 1.56. The first-order valence-corrected chi connectivity index (χ1v) is 12.0. The number of fused-ring (bicyclic) bond motifs is 3. The van der Waals surface area contributed by atoms with Gasteiger partial charge in [0.25, 0.3) is 0 Å². The van der Waals surface area contributed by atoms with E-state index in [1.807, 2.05) is 50.2 Å². The Morgan fingerprint density at radius 2 is 1.69 bits per heavy atom. The molecule has 0 aromatic heterocycles. The van der Waals surface area contributed by atoms with E-state index in [1.54, 1.807) is 7.05 Å². The lowest BCUT2D eigenvalue weighted by molar-refractivity contribution is -0.145. The van der Waals surface area contributed by atoms with E-state index in [9.17, 15) is 19.5 Å². The van der Waals surface area contributed by atoms with Gasteiger partial charge in [0.15, 0.2) is 0 Å². The highest BCUT2D eigenvalue weighted by Crippen LogP contribution is 2.44. The molecule has 1 aliphatic carbocycles. The smallest absolute Gasteiger partial charge is 0.407 e. The van der Waals surface area contributed by atoms with E-state index < -0.39 is 30.1 Å². The van der Waals surface area contributed by atoms with Crippen molar-refractivity contribution in [1.29, 1.82) is 0 Å². The number of hydrogen-bond donors (Lipinski definition) is 2. The number of nitrogens with one attached hydrogen (secondary N) is 1. The van der Waals surface area contributed by atoms with Crippen molar-refractivity contribution in [1.82, 2.24) is 10.2 Å². The predicted octanol–water partition coefficient (Wildman–Crippen LogP) is 3.50. The summed E-state index contributed by atoms with van der Waals surface area (Å²) in [5.74, 6) is -2.40. The number of carboxylic acids is 1. The van der Waals surface area contributed by atoms with Crippen LogP contribution in [0.25, 0.3) is 11.1 Å². The van der Waals surface area contributed by atoms with E-state index in [0.717, 1.165) is 22.3 Å². The number of alkyl carbamates (subject to hydrolysis) is 1. The maximum absolute atomic E-state index is 13.3. The van der Waals surface area contributed by atoms with Crippen molar-refractivity contribution in [2.45, 2.75) is 38.3 Å². The van der Waals surface area contributed by atoms with Crippen molar-refractivity contribution in [3.05, 3.63) is 59.7 Å². The highest BCUT2D eigenvalue weighted by Gasteiger charge is 2.41. The van der Waals surface area contributed by atoms with Gasteiger partial charge in [-0.15, -0.1) is 0 Å². The maximum Gasteiger partial charge on any atom is 0.407 e. The van der Waals surface area contributed by atoms with Gasteiger partial charge >= 0.3 is 12.1 Å². The SMILES string of the molecule is CC[C@H](C)[C@H](NC(=O)OCC1c2ccccc2-c2ccccc21)C(=O)N(C)C1COCC1C(=O)O. The number of benzene rings is 2. The molecule has 2 N–H and O–H groups in total. The lowest BCUT2D eigenvalue weighted by atomic mass is 9.96. The molecule has 35 heavy (non-hydrogen) atoms. The minimum atomic E-state index is -1.00. The predicted molar refractivity (Wildman–Crippen MR) is 130 cm³/mol. The summed E-state index contributed by atoms with van der Waals surface area (Å²) in [5.41, 5.74) is 4.49. The summed E-state index contributed by atoms with van der Waals surface area (Å²) in [4.78, 5) is 39.1. The second kappa shape index (κ2) is 10.5. The van der Waals surface area contributed by atoms with Crippen molar-refractivity contribution < 1.29 is 29.0 Å². The van der Waals surface area contributed by atoms with Gasteiger partial charge in [-0.3, -0.25) is 9.59 Å². The number of carbonyl (C=O) groups excluding carboxylic acids is 2. The van der Waals surface area contributed by atoms with Crippen LogP contribution in [0, 0.1) is 11.8 Å². The molecular formula is C27H32N2O6. The summed E-state index contributed by atoms with van der Waals surface area (Å²) in [6.07, 6.45) is -0.0198. The van der Waals surface area contributed by atoms with Crippen molar-refractivity contribution in [2.75, 3.05) is 26.9 Å². The second-order valence-corrected chi connectivity index (χ2v) is 9.33. The molecule has 2 aliphatic rings. The lowest BCUT2D eigenvalue weighted by Gasteiger charge is -2.32. The third-order valence-corrected chi connectivity index (χ3v) is 7.31. The average molecular weight is 481 g/mol. The van der Waals surface area contributed by atoms with Crippen LogP contribution < -0.4 is 5.32 Å². The first kappa shape index (κ1) is 24.7. The van der Waals surface area contributed by atoms with E-state index >= 15 is 0 Å². The van der Waals surface area contributed by atoms with Crippen LogP contribution in [0.15, 0.2) is 48.5 Å². The van der Waals surface area contributed by atoms with Gasteiger partial charge in [-0.1, -0.05) is 68.8 Å². The van der Waals surface area contributed by atoms with Crippen LogP contribution in [0.4, 0.5) is 4.79 Å². The molecule has 2 aromatic carbocycles. The van der Waals surface area contributed by atoms with E-state index in [-0.39, 0.29) is 37.6 Å². The van der Waals surface area contributed by atoms with Gasteiger partial charge in [-0.25, -0.2) is 4.79 Å². The largest absolute Gasteiger partial charge is 0.481 e. The normalized spacial score (nSPS) is 20.4. The van der Waals surface area contributed by atoms with Crippen LogP contribution in [0.3, 0.4) is 0 Å². The van der Waals surface area contributed by atoms with E-state index in [2.05, 4.69) is 17.4 Å². The molecule has 2 unspecified atom stereocenters. The Morgan fingerprint density at radius 3 is 2.26 bits per heavy atom. The number of likely N-dealkylation sites (N-methyl/N-ethyl adjacent to an activating group) is 1. The fraction of sp³-hybridized carbons (Fsp3) is 0.444. The summed E-state index contributed by atoms with van der Waals surface area (Å²) in [5, 5.41) is 12.2. The molecule has 2 aromatic rings. The zero-order valence-electron chi connectivity index (χ0n) is 20.3. The molecule has 1 saturated heterocycles. The molecule has 0 radical (unpaired) electrons. The fourth-order valence-electron chi connectivity index (χ4n) is 4.99. The zero-order chi connectivity index (χ0) is 25.1. The Labute approximate surface area is 205 Å². The average Bonchev–Trinajstić information content (AvgIpc) is 3.48. The third-order valence-electron chi connectivity index (χ3n) is 7.31. The van der Waals surface area contributed by atoms with Crippen LogP contribution in [0.1, 0.15) is 37.3 Å². The van der Waals surface area contributed by atoms with Gasteiger partial charge in [0.05, 0.1) is 19.3 Å². The number of carboxylic acid groups (broad SMARTS) is 1. The monoisotopic (exact) mass is 480 g/mol. The molecule has 0 bridgehead atoms. The number of ether oxygens (including phenoxy) is 2. The Kier molecular flexibility index (Phi) is 7.40. The van der Waals surface area contributed by atoms with E-state index in [1.165, 1.54) is 4.90 Å². The van der Waals surface area contributed by atoms with Crippen molar-refractivity contribution in [2.24, 2.45) is 11.8 Å². The minimum absolute atomic E-state index is 0.0609. The molecule has 4 atom stereocenters. The van der Waals surface area contributed by atoms with Crippen LogP contribution >= 0.6 is 0 Å². The lowest BCUT2D eigenvalue weighted by Crippen LogP contribution is -2.55. The number of amides is 2. The van der Waals surface area contributed by atoms with Crippen molar-refractivity contribution >= 4 is 18.0 Å². The molecule has 1 aliphatic heterocycles. The highest BCUT2D eigenvalue weighted by atomic mass is 16.5. The second-order valence-electron chi connectivity index (χ2n) is 9.33. The van der Waals surface area contributed by atoms with Crippen LogP contribution in [-0.4, -0.2) is 66.9 Å². The number of aliphatic carboxylic acids is 1. The first-order valence-electron chi connectivity index (χ1n) is 12.0. The van der Waals surface area contributed by atoms with Gasteiger partial charge in [-0.05, 0) is 28.2 Å². The quantitative estimate of drug-likeness (QED) is 0.599. The molecule has 8 nitrogen and oxygen atoms in total. The van der Waals surface area contributed by atoms with Gasteiger partial charge in [0, 0.05) is 13.0 Å². The minimum Gasteiger partial charge on any atom is -0.481 e. The third kappa shape index (κ3) is 4.89. The molecule has 1 heterocycles. The Balaban J connectivity index is 1.44. The van der Waals surface area contributed by atoms with Crippen LogP contribution in [-0.2, 0) is 19.1 Å². The molecule has 8 heteroatoms.